The van der Waals surface area contributed by atoms with E-state index in [-0.39, 0.29) is 12.1 Å². The first-order chi connectivity index (χ1) is 12.4. The Hall–Kier alpha value is -2.05. The summed E-state index contributed by atoms with van der Waals surface area (Å²) in [5.41, 5.74) is 2.88. The fraction of sp³-hybridized carbons (Fsp3) is 0.389. The van der Waals surface area contributed by atoms with Crippen molar-refractivity contribution in [1.82, 2.24) is 20.2 Å². The van der Waals surface area contributed by atoms with Crippen LogP contribution in [0.1, 0.15) is 30.7 Å². The van der Waals surface area contributed by atoms with Gasteiger partial charge in [0.15, 0.2) is 0 Å². The first kappa shape index (κ1) is 18.7. The molecule has 2 N–H and O–H groups in total. The van der Waals surface area contributed by atoms with Crippen LogP contribution in [0.15, 0.2) is 24.4 Å². The standard InChI is InChI=1S/C18H21Cl2N5O/c1-11(2)23-17-21-9-13-5-6-25(10-16(13)24-17)18(26)22-8-12-3-4-14(19)15(20)7-12/h3-4,7,9,11H,5-6,8,10H2,1-2H3,(H,22,26)(H,21,23,24). The summed E-state index contributed by atoms with van der Waals surface area (Å²) >= 11 is 11.9. The summed E-state index contributed by atoms with van der Waals surface area (Å²) in [6.07, 6.45) is 2.59. The van der Waals surface area contributed by atoms with Gasteiger partial charge in [-0.3, -0.25) is 0 Å². The number of nitrogens with zero attached hydrogens (tertiary/aromatic N) is 3. The third-order valence-corrected chi connectivity index (χ3v) is 4.82. The molecule has 1 aliphatic rings. The monoisotopic (exact) mass is 393 g/mol. The zero-order chi connectivity index (χ0) is 18.7. The molecule has 1 aromatic carbocycles. The van der Waals surface area contributed by atoms with Gasteiger partial charge < -0.3 is 15.5 Å². The number of hydrogen-bond donors (Lipinski definition) is 2. The predicted molar refractivity (Wildman–Crippen MR) is 104 cm³/mol. The number of benzene rings is 1. The van der Waals surface area contributed by atoms with Crippen LogP contribution in [-0.2, 0) is 19.5 Å². The molecule has 0 atom stereocenters. The number of aromatic nitrogens is 2. The highest BCUT2D eigenvalue weighted by Gasteiger charge is 2.22. The smallest absolute Gasteiger partial charge is 0.318 e. The maximum absolute atomic E-state index is 12.5. The molecule has 0 saturated heterocycles. The Balaban J connectivity index is 1.62. The van der Waals surface area contributed by atoms with Crippen molar-refractivity contribution in [3.8, 4) is 0 Å². The van der Waals surface area contributed by atoms with Gasteiger partial charge >= 0.3 is 6.03 Å². The highest BCUT2D eigenvalue weighted by molar-refractivity contribution is 6.42. The molecule has 0 saturated carbocycles. The fourth-order valence-corrected chi connectivity index (χ4v) is 3.06. The molecule has 6 nitrogen and oxygen atoms in total. The number of amides is 2. The van der Waals surface area contributed by atoms with Crippen LogP contribution in [0.2, 0.25) is 10.0 Å². The van der Waals surface area contributed by atoms with Gasteiger partial charge in [-0.25, -0.2) is 14.8 Å². The Morgan fingerprint density at radius 2 is 2.12 bits per heavy atom. The lowest BCUT2D eigenvalue weighted by Crippen LogP contribution is -2.42. The molecular weight excluding hydrogens is 373 g/mol. The van der Waals surface area contributed by atoms with Gasteiger partial charge in [0.05, 0.1) is 22.3 Å². The number of carbonyl (C=O) groups excluding carboxylic acids is 1. The van der Waals surface area contributed by atoms with E-state index in [1.54, 1.807) is 17.0 Å². The lowest BCUT2D eigenvalue weighted by molar-refractivity contribution is 0.191. The molecule has 0 fully saturated rings. The molecule has 0 unspecified atom stereocenters. The van der Waals surface area contributed by atoms with Crippen LogP contribution in [-0.4, -0.2) is 33.5 Å². The molecule has 1 aromatic heterocycles. The number of carbonyl (C=O) groups is 1. The van der Waals surface area contributed by atoms with E-state index < -0.39 is 0 Å². The van der Waals surface area contributed by atoms with Crippen LogP contribution in [0.25, 0.3) is 0 Å². The normalized spacial score (nSPS) is 13.5. The maximum atomic E-state index is 12.5. The second kappa shape index (κ2) is 8.10. The van der Waals surface area contributed by atoms with Crippen LogP contribution < -0.4 is 10.6 Å². The van der Waals surface area contributed by atoms with E-state index in [4.69, 9.17) is 23.2 Å². The molecule has 8 heteroatoms. The van der Waals surface area contributed by atoms with Crippen molar-refractivity contribution in [3.63, 3.8) is 0 Å². The molecule has 2 amide bonds. The van der Waals surface area contributed by atoms with Gasteiger partial charge in [-0.2, -0.15) is 0 Å². The van der Waals surface area contributed by atoms with E-state index >= 15 is 0 Å². The quantitative estimate of drug-likeness (QED) is 0.826. The Morgan fingerprint density at radius 1 is 1.31 bits per heavy atom. The van der Waals surface area contributed by atoms with Gasteiger partial charge in [-0.05, 0) is 43.5 Å². The number of nitrogens with one attached hydrogen (secondary N) is 2. The number of rotatable bonds is 4. The van der Waals surface area contributed by atoms with Gasteiger partial charge in [0.2, 0.25) is 5.95 Å². The summed E-state index contributed by atoms with van der Waals surface area (Å²) in [7, 11) is 0. The van der Waals surface area contributed by atoms with Crippen molar-refractivity contribution >= 4 is 35.2 Å². The van der Waals surface area contributed by atoms with E-state index in [0.29, 0.717) is 35.6 Å². The lowest BCUT2D eigenvalue weighted by Gasteiger charge is -2.28. The third kappa shape index (κ3) is 4.56. The first-order valence-corrected chi connectivity index (χ1v) is 9.26. The highest BCUT2D eigenvalue weighted by atomic mass is 35.5. The Morgan fingerprint density at radius 3 is 2.85 bits per heavy atom. The summed E-state index contributed by atoms with van der Waals surface area (Å²) < 4.78 is 0. The average molecular weight is 394 g/mol. The zero-order valence-corrected chi connectivity index (χ0v) is 16.2. The van der Waals surface area contributed by atoms with Crippen LogP contribution >= 0.6 is 23.2 Å². The molecule has 0 radical (unpaired) electrons. The largest absolute Gasteiger partial charge is 0.352 e. The second-order valence-corrected chi connectivity index (χ2v) is 7.36. The van der Waals surface area contributed by atoms with E-state index in [2.05, 4.69) is 20.6 Å². The Labute approximate surface area is 162 Å². The van der Waals surface area contributed by atoms with Gasteiger partial charge in [0.1, 0.15) is 0 Å². The van der Waals surface area contributed by atoms with Gasteiger partial charge in [0.25, 0.3) is 0 Å². The van der Waals surface area contributed by atoms with Gasteiger partial charge in [0, 0.05) is 25.3 Å². The Kier molecular flexibility index (Phi) is 5.84. The SMILES string of the molecule is CC(C)Nc1ncc2c(n1)CN(C(=O)NCc1ccc(Cl)c(Cl)c1)CC2. The van der Waals surface area contributed by atoms with Gasteiger partial charge in [-0.15, -0.1) is 0 Å². The molecule has 0 bridgehead atoms. The number of halogens is 2. The van der Waals surface area contributed by atoms with Crippen molar-refractivity contribution in [2.75, 3.05) is 11.9 Å². The summed E-state index contributed by atoms with van der Waals surface area (Å²) in [4.78, 5) is 23.1. The molecule has 0 spiro atoms. The Bertz CT molecular complexity index is 812. The first-order valence-electron chi connectivity index (χ1n) is 8.50. The van der Waals surface area contributed by atoms with E-state index in [1.807, 2.05) is 26.1 Å². The average Bonchev–Trinajstić information content (AvgIpc) is 2.61. The molecule has 3 rings (SSSR count). The number of urea groups is 1. The molecule has 2 heterocycles. The van der Waals surface area contributed by atoms with E-state index in [0.717, 1.165) is 23.2 Å². The van der Waals surface area contributed by atoms with Crippen molar-refractivity contribution < 1.29 is 4.79 Å². The number of fused-ring (bicyclic) bond motifs is 1. The molecule has 0 aliphatic carbocycles. The van der Waals surface area contributed by atoms with Crippen molar-refractivity contribution in [3.05, 3.63) is 51.3 Å². The highest BCUT2D eigenvalue weighted by Crippen LogP contribution is 2.23. The molecule has 1 aliphatic heterocycles. The second-order valence-electron chi connectivity index (χ2n) is 6.54. The summed E-state index contributed by atoms with van der Waals surface area (Å²) in [6.45, 7) is 5.57. The molecule has 2 aromatic rings. The topological polar surface area (TPSA) is 70.2 Å². The maximum Gasteiger partial charge on any atom is 0.318 e. The molecule has 26 heavy (non-hydrogen) atoms. The fourth-order valence-electron chi connectivity index (χ4n) is 2.74. The third-order valence-electron chi connectivity index (χ3n) is 4.08. The van der Waals surface area contributed by atoms with Crippen LogP contribution in [0.5, 0.6) is 0 Å². The molecular formula is C18H21Cl2N5O. The van der Waals surface area contributed by atoms with E-state index in [1.165, 1.54) is 0 Å². The molecule has 138 valence electrons. The summed E-state index contributed by atoms with van der Waals surface area (Å²) in [6, 6.07) is 5.45. The minimum Gasteiger partial charge on any atom is -0.352 e. The summed E-state index contributed by atoms with van der Waals surface area (Å²) in [5.74, 6) is 0.594. The van der Waals surface area contributed by atoms with Crippen molar-refractivity contribution in [1.29, 1.82) is 0 Å². The predicted octanol–water partition coefficient (Wildman–Crippen LogP) is 3.87. The minimum absolute atomic E-state index is 0.126. The van der Waals surface area contributed by atoms with Gasteiger partial charge in [-0.1, -0.05) is 29.3 Å². The van der Waals surface area contributed by atoms with Crippen LogP contribution in [0.3, 0.4) is 0 Å². The van der Waals surface area contributed by atoms with Crippen molar-refractivity contribution in [2.24, 2.45) is 0 Å². The van der Waals surface area contributed by atoms with E-state index in [9.17, 15) is 4.79 Å². The summed E-state index contributed by atoms with van der Waals surface area (Å²) in [5, 5.41) is 7.09. The zero-order valence-electron chi connectivity index (χ0n) is 14.7. The lowest BCUT2D eigenvalue weighted by atomic mass is 10.1. The van der Waals surface area contributed by atoms with Crippen LogP contribution in [0.4, 0.5) is 10.7 Å². The van der Waals surface area contributed by atoms with Crippen LogP contribution in [0, 0.1) is 0 Å². The number of hydrogen-bond acceptors (Lipinski definition) is 4. The minimum atomic E-state index is -0.126. The van der Waals surface area contributed by atoms with Crippen molar-refractivity contribution in [2.45, 2.75) is 39.4 Å². The number of anilines is 1.